The first-order valence-corrected chi connectivity index (χ1v) is 6.29. The summed E-state index contributed by atoms with van der Waals surface area (Å²) in [6.07, 6.45) is 2.36. The van der Waals surface area contributed by atoms with E-state index in [-0.39, 0.29) is 12.1 Å². The SMILES string of the molecule is CC(C)C1(CNCc2cc(F)c(F)cc2F)CC1. The van der Waals surface area contributed by atoms with Crippen molar-refractivity contribution in [3.05, 3.63) is 35.1 Å². The van der Waals surface area contributed by atoms with Crippen molar-refractivity contribution in [1.82, 2.24) is 5.32 Å². The Morgan fingerprint density at radius 2 is 1.72 bits per heavy atom. The van der Waals surface area contributed by atoms with Gasteiger partial charge in [-0.2, -0.15) is 0 Å². The molecule has 1 aromatic carbocycles. The maximum Gasteiger partial charge on any atom is 0.161 e. The number of halogens is 3. The largest absolute Gasteiger partial charge is 0.312 e. The average molecular weight is 257 g/mol. The molecule has 1 N–H and O–H groups in total. The summed E-state index contributed by atoms with van der Waals surface area (Å²) in [5, 5.41) is 3.14. The molecular formula is C14H18F3N. The minimum atomic E-state index is -1.14. The zero-order valence-electron chi connectivity index (χ0n) is 10.7. The Morgan fingerprint density at radius 3 is 2.28 bits per heavy atom. The van der Waals surface area contributed by atoms with E-state index >= 15 is 0 Å². The molecule has 0 aliphatic heterocycles. The molecule has 4 heteroatoms. The third kappa shape index (κ3) is 2.69. The summed E-state index contributed by atoms with van der Waals surface area (Å²) in [5.41, 5.74) is 0.489. The van der Waals surface area contributed by atoms with Gasteiger partial charge in [0.2, 0.25) is 0 Å². The lowest BCUT2D eigenvalue weighted by Crippen LogP contribution is -2.27. The molecule has 2 rings (SSSR count). The van der Waals surface area contributed by atoms with E-state index in [9.17, 15) is 13.2 Å². The molecule has 100 valence electrons. The maximum absolute atomic E-state index is 13.4. The van der Waals surface area contributed by atoms with E-state index in [0.29, 0.717) is 17.4 Å². The summed E-state index contributed by atoms with van der Waals surface area (Å²) in [6, 6.07) is 1.52. The topological polar surface area (TPSA) is 12.0 Å². The van der Waals surface area contributed by atoms with Crippen LogP contribution >= 0.6 is 0 Å². The van der Waals surface area contributed by atoms with Crippen LogP contribution in [0.25, 0.3) is 0 Å². The smallest absolute Gasteiger partial charge is 0.161 e. The summed E-state index contributed by atoms with van der Waals surface area (Å²) < 4.78 is 39.1. The van der Waals surface area contributed by atoms with Crippen molar-refractivity contribution in [2.24, 2.45) is 11.3 Å². The van der Waals surface area contributed by atoms with Crippen LogP contribution in [0.15, 0.2) is 12.1 Å². The number of hydrogen-bond acceptors (Lipinski definition) is 1. The normalized spacial score (nSPS) is 17.2. The fraction of sp³-hybridized carbons (Fsp3) is 0.571. The molecule has 18 heavy (non-hydrogen) atoms. The summed E-state index contributed by atoms with van der Waals surface area (Å²) in [6.45, 7) is 5.38. The van der Waals surface area contributed by atoms with Crippen molar-refractivity contribution >= 4 is 0 Å². The van der Waals surface area contributed by atoms with Crippen molar-refractivity contribution in [3.8, 4) is 0 Å². The van der Waals surface area contributed by atoms with Crippen LogP contribution in [0.2, 0.25) is 0 Å². The van der Waals surface area contributed by atoms with Crippen LogP contribution in [-0.2, 0) is 6.54 Å². The van der Waals surface area contributed by atoms with E-state index in [2.05, 4.69) is 19.2 Å². The number of rotatable bonds is 5. The molecule has 1 nitrogen and oxygen atoms in total. The Bertz CT molecular complexity index is 439. The number of nitrogens with one attached hydrogen (secondary N) is 1. The van der Waals surface area contributed by atoms with Gasteiger partial charge < -0.3 is 5.32 Å². The van der Waals surface area contributed by atoms with Gasteiger partial charge in [0.05, 0.1) is 0 Å². The summed E-state index contributed by atoms with van der Waals surface area (Å²) in [4.78, 5) is 0. The molecule has 1 aromatic rings. The Hall–Kier alpha value is -1.03. The molecule has 0 amide bonds. The van der Waals surface area contributed by atoms with Gasteiger partial charge in [-0.15, -0.1) is 0 Å². The van der Waals surface area contributed by atoms with Gasteiger partial charge in [0, 0.05) is 24.7 Å². The first kappa shape index (κ1) is 13.4. The fourth-order valence-corrected chi connectivity index (χ4v) is 2.26. The third-order valence-corrected chi connectivity index (χ3v) is 4.00. The molecule has 0 aromatic heterocycles. The van der Waals surface area contributed by atoms with Gasteiger partial charge in [-0.05, 0) is 30.2 Å². The number of hydrogen-bond donors (Lipinski definition) is 1. The Morgan fingerprint density at radius 1 is 1.11 bits per heavy atom. The van der Waals surface area contributed by atoms with Gasteiger partial charge in [0.1, 0.15) is 5.82 Å². The number of benzene rings is 1. The van der Waals surface area contributed by atoms with E-state index in [4.69, 9.17) is 0 Å². The second kappa shape index (κ2) is 4.92. The lowest BCUT2D eigenvalue weighted by atomic mass is 9.92. The van der Waals surface area contributed by atoms with Crippen molar-refractivity contribution < 1.29 is 13.2 Å². The van der Waals surface area contributed by atoms with E-state index in [1.165, 1.54) is 12.8 Å². The second-order valence-corrected chi connectivity index (χ2v) is 5.48. The van der Waals surface area contributed by atoms with Gasteiger partial charge in [0.25, 0.3) is 0 Å². The summed E-state index contributed by atoms with van der Waals surface area (Å²) in [5.74, 6) is -2.26. The van der Waals surface area contributed by atoms with E-state index in [0.717, 1.165) is 12.6 Å². The Labute approximate surface area is 105 Å². The minimum Gasteiger partial charge on any atom is -0.312 e. The first-order valence-electron chi connectivity index (χ1n) is 6.29. The quantitative estimate of drug-likeness (QED) is 0.794. The predicted octanol–water partition coefficient (Wildman–Crippen LogP) is 3.63. The van der Waals surface area contributed by atoms with Gasteiger partial charge in [0.15, 0.2) is 11.6 Å². The van der Waals surface area contributed by atoms with Crippen LogP contribution in [0.5, 0.6) is 0 Å². The molecule has 1 fully saturated rings. The van der Waals surface area contributed by atoms with Crippen LogP contribution in [0.1, 0.15) is 32.3 Å². The standard InChI is InChI=1S/C14H18F3N/c1-9(2)14(3-4-14)8-18-7-10-5-12(16)13(17)6-11(10)15/h5-6,9,18H,3-4,7-8H2,1-2H3. The van der Waals surface area contributed by atoms with E-state index in [1.54, 1.807) is 0 Å². The van der Waals surface area contributed by atoms with E-state index < -0.39 is 17.5 Å². The Balaban J connectivity index is 1.93. The van der Waals surface area contributed by atoms with Gasteiger partial charge in [-0.3, -0.25) is 0 Å². The first-order chi connectivity index (χ1) is 8.44. The zero-order valence-corrected chi connectivity index (χ0v) is 10.7. The third-order valence-electron chi connectivity index (χ3n) is 4.00. The monoisotopic (exact) mass is 257 g/mol. The molecule has 0 bridgehead atoms. The summed E-state index contributed by atoms with van der Waals surface area (Å²) in [7, 11) is 0. The molecule has 0 atom stereocenters. The van der Waals surface area contributed by atoms with Crippen LogP contribution in [0.4, 0.5) is 13.2 Å². The van der Waals surface area contributed by atoms with Gasteiger partial charge in [-0.1, -0.05) is 13.8 Å². The van der Waals surface area contributed by atoms with Crippen LogP contribution in [-0.4, -0.2) is 6.54 Å². The average Bonchev–Trinajstić information content (AvgIpc) is 3.06. The highest BCUT2D eigenvalue weighted by molar-refractivity contribution is 5.20. The minimum absolute atomic E-state index is 0.174. The highest BCUT2D eigenvalue weighted by atomic mass is 19.2. The highest BCUT2D eigenvalue weighted by Gasteiger charge is 2.44. The van der Waals surface area contributed by atoms with Gasteiger partial charge >= 0.3 is 0 Å². The van der Waals surface area contributed by atoms with Crippen molar-refractivity contribution in [1.29, 1.82) is 0 Å². The molecular weight excluding hydrogens is 239 g/mol. The Kier molecular flexibility index (Phi) is 3.66. The summed E-state index contributed by atoms with van der Waals surface area (Å²) >= 11 is 0. The molecule has 0 unspecified atom stereocenters. The lowest BCUT2D eigenvalue weighted by Gasteiger charge is -2.20. The lowest BCUT2D eigenvalue weighted by molar-refractivity contribution is 0.336. The second-order valence-electron chi connectivity index (χ2n) is 5.48. The van der Waals surface area contributed by atoms with Crippen LogP contribution < -0.4 is 5.32 Å². The van der Waals surface area contributed by atoms with Crippen molar-refractivity contribution in [3.63, 3.8) is 0 Å². The van der Waals surface area contributed by atoms with E-state index in [1.807, 2.05) is 0 Å². The van der Waals surface area contributed by atoms with Crippen LogP contribution in [0, 0.1) is 28.8 Å². The molecule has 1 saturated carbocycles. The maximum atomic E-state index is 13.4. The highest BCUT2D eigenvalue weighted by Crippen LogP contribution is 2.51. The molecule has 0 radical (unpaired) electrons. The molecule has 0 spiro atoms. The van der Waals surface area contributed by atoms with Gasteiger partial charge in [-0.25, -0.2) is 13.2 Å². The molecule has 1 aliphatic rings. The molecule has 0 heterocycles. The van der Waals surface area contributed by atoms with Crippen LogP contribution in [0.3, 0.4) is 0 Å². The zero-order chi connectivity index (χ0) is 13.3. The van der Waals surface area contributed by atoms with Crippen molar-refractivity contribution in [2.75, 3.05) is 6.54 Å². The predicted molar refractivity (Wildman–Crippen MR) is 64.5 cm³/mol. The fourth-order valence-electron chi connectivity index (χ4n) is 2.26. The molecule has 1 aliphatic carbocycles. The molecule has 0 saturated heterocycles. The van der Waals surface area contributed by atoms with Crippen molar-refractivity contribution in [2.45, 2.75) is 33.2 Å².